The summed E-state index contributed by atoms with van der Waals surface area (Å²) >= 11 is 0. The largest absolute Gasteiger partial charge is 0.343 e. The third kappa shape index (κ3) is 5.45. The van der Waals surface area contributed by atoms with Gasteiger partial charge in [-0.2, -0.15) is 0 Å². The van der Waals surface area contributed by atoms with Crippen LogP contribution in [-0.2, 0) is 4.79 Å². The summed E-state index contributed by atoms with van der Waals surface area (Å²) in [7, 11) is 2.03. The topological polar surface area (TPSA) is 32.3 Å². The molecule has 1 heterocycles. The van der Waals surface area contributed by atoms with E-state index in [9.17, 15) is 4.79 Å². The van der Waals surface area contributed by atoms with E-state index in [-0.39, 0.29) is 12.4 Å². The highest BCUT2D eigenvalue weighted by Crippen LogP contribution is 2.29. The molecule has 1 amide bonds. The lowest BCUT2D eigenvalue weighted by Gasteiger charge is -2.35. The van der Waals surface area contributed by atoms with Crippen molar-refractivity contribution in [3.63, 3.8) is 0 Å². The summed E-state index contributed by atoms with van der Waals surface area (Å²) in [5.41, 5.74) is 0. The predicted octanol–water partition coefficient (Wildman–Crippen LogP) is 3.47. The van der Waals surface area contributed by atoms with E-state index in [1.807, 2.05) is 7.05 Å². The zero-order valence-corrected chi connectivity index (χ0v) is 14.8. The van der Waals surface area contributed by atoms with Gasteiger partial charge >= 0.3 is 0 Å². The molecule has 0 spiro atoms. The Bertz CT molecular complexity index is 310. The minimum Gasteiger partial charge on any atom is -0.343 e. The molecule has 0 aromatic carbocycles. The van der Waals surface area contributed by atoms with E-state index in [0.717, 1.165) is 31.3 Å². The number of nitrogens with one attached hydrogen (secondary N) is 1. The lowest BCUT2D eigenvalue weighted by Crippen LogP contribution is -2.40. The second-order valence-corrected chi connectivity index (χ2v) is 7.19. The normalized spacial score (nSPS) is 28.5. The summed E-state index contributed by atoms with van der Waals surface area (Å²) in [6.45, 7) is 6.85. The lowest BCUT2D eigenvalue weighted by atomic mass is 9.83. The van der Waals surface area contributed by atoms with Crippen LogP contribution in [0.2, 0.25) is 0 Å². The summed E-state index contributed by atoms with van der Waals surface area (Å²) < 4.78 is 0. The van der Waals surface area contributed by atoms with Gasteiger partial charge in [-0.25, -0.2) is 0 Å². The lowest BCUT2D eigenvalue weighted by molar-refractivity contribution is -0.134. The van der Waals surface area contributed by atoms with Gasteiger partial charge in [0.05, 0.1) is 0 Å². The third-order valence-corrected chi connectivity index (χ3v) is 5.61. The molecule has 1 saturated carbocycles. The van der Waals surface area contributed by atoms with Crippen LogP contribution in [-0.4, -0.2) is 37.0 Å². The number of nitrogens with zero attached hydrogens (tertiary/aromatic N) is 1. The van der Waals surface area contributed by atoms with Crippen molar-refractivity contribution in [2.45, 2.75) is 64.8 Å². The average Bonchev–Trinajstić information content (AvgIpc) is 2.48. The molecule has 0 aromatic heterocycles. The van der Waals surface area contributed by atoms with Crippen molar-refractivity contribution in [3.05, 3.63) is 0 Å². The van der Waals surface area contributed by atoms with Gasteiger partial charge in [0.2, 0.25) is 5.91 Å². The molecule has 1 aliphatic heterocycles. The van der Waals surface area contributed by atoms with Gasteiger partial charge in [-0.3, -0.25) is 4.79 Å². The summed E-state index contributed by atoms with van der Waals surface area (Å²) in [6, 6.07) is 0.499. The molecule has 0 bridgehead atoms. The molecular formula is C17H33ClN2O. The van der Waals surface area contributed by atoms with Gasteiger partial charge in [-0.15, -0.1) is 12.4 Å². The Labute approximate surface area is 136 Å². The number of hydrogen-bond donors (Lipinski definition) is 1. The molecule has 2 aliphatic rings. The monoisotopic (exact) mass is 316 g/mol. The highest BCUT2D eigenvalue weighted by molar-refractivity contribution is 5.85. The first-order valence-electron chi connectivity index (χ1n) is 8.54. The molecule has 4 heteroatoms. The van der Waals surface area contributed by atoms with Crippen molar-refractivity contribution in [3.8, 4) is 0 Å². The first kappa shape index (κ1) is 18.8. The van der Waals surface area contributed by atoms with Crippen LogP contribution in [0.1, 0.15) is 58.8 Å². The maximum absolute atomic E-state index is 12.5. The SMILES string of the molecule is CC1CCC(N(C)C(=O)CC(C)C2CCNCC2)CC1.Cl. The van der Waals surface area contributed by atoms with Gasteiger partial charge in [-0.1, -0.05) is 13.8 Å². The quantitative estimate of drug-likeness (QED) is 0.861. The fourth-order valence-electron chi connectivity index (χ4n) is 3.83. The Hall–Kier alpha value is -0.280. The van der Waals surface area contributed by atoms with Crippen molar-refractivity contribution in [2.75, 3.05) is 20.1 Å². The van der Waals surface area contributed by atoms with E-state index in [1.165, 1.54) is 38.5 Å². The van der Waals surface area contributed by atoms with Gasteiger partial charge in [-0.05, 0) is 69.4 Å². The molecular weight excluding hydrogens is 284 g/mol. The highest BCUT2D eigenvalue weighted by Gasteiger charge is 2.27. The van der Waals surface area contributed by atoms with Gasteiger partial charge in [0, 0.05) is 19.5 Å². The molecule has 21 heavy (non-hydrogen) atoms. The molecule has 2 fully saturated rings. The fraction of sp³-hybridized carbons (Fsp3) is 0.941. The van der Waals surface area contributed by atoms with Gasteiger partial charge < -0.3 is 10.2 Å². The molecule has 124 valence electrons. The molecule has 0 aromatic rings. The molecule has 1 saturated heterocycles. The maximum Gasteiger partial charge on any atom is 0.222 e. The van der Waals surface area contributed by atoms with Crippen LogP contribution in [0.4, 0.5) is 0 Å². The predicted molar refractivity (Wildman–Crippen MR) is 90.8 cm³/mol. The highest BCUT2D eigenvalue weighted by atomic mass is 35.5. The fourth-order valence-corrected chi connectivity index (χ4v) is 3.83. The smallest absolute Gasteiger partial charge is 0.222 e. The number of carbonyl (C=O) groups is 1. The standard InChI is InChI=1S/C17H32N2O.ClH/c1-13-4-6-16(7-5-13)19(3)17(20)12-14(2)15-8-10-18-11-9-15;/h13-16,18H,4-12H2,1-3H3;1H. The van der Waals surface area contributed by atoms with Gasteiger partial charge in [0.25, 0.3) is 0 Å². The van der Waals surface area contributed by atoms with E-state index in [4.69, 9.17) is 0 Å². The van der Waals surface area contributed by atoms with Crippen LogP contribution in [0, 0.1) is 17.8 Å². The number of piperidine rings is 1. The van der Waals surface area contributed by atoms with E-state index in [0.29, 0.717) is 17.9 Å². The summed E-state index contributed by atoms with van der Waals surface area (Å²) in [4.78, 5) is 14.5. The van der Waals surface area contributed by atoms with Crippen molar-refractivity contribution in [1.29, 1.82) is 0 Å². The second-order valence-electron chi connectivity index (χ2n) is 7.19. The third-order valence-electron chi connectivity index (χ3n) is 5.61. The first-order chi connectivity index (χ1) is 9.58. The van der Waals surface area contributed by atoms with Crippen molar-refractivity contribution >= 4 is 18.3 Å². The van der Waals surface area contributed by atoms with Crippen molar-refractivity contribution < 1.29 is 4.79 Å². The van der Waals surface area contributed by atoms with Crippen molar-refractivity contribution in [1.82, 2.24) is 10.2 Å². The van der Waals surface area contributed by atoms with E-state index in [2.05, 4.69) is 24.1 Å². The molecule has 3 nitrogen and oxygen atoms in total. The number of rotatable bonds is 4. The Balaban J connectivity index is 0.00000220. The number of hydrogen-bond acceptors (Lipinski definition) is 2. The minimum absolute atomic E-state index is 0. The van der Waals surface area contributed by atoms with Gasteiger partial charge in [0.15, 0.2) is 0 Å². The van der Waals surface area contributed by atoms with Crippen LogP contribution in [0.15, 0.2) is 0 Å². The Morgan fingerprint density at radius 3 is 2.29 bits per heavy atom. The number of carbonyl (C=O) groups excluding carboxylic acids is 1. The van der Waals surface area contributed by atoms with Crippen molar-refractivity contribution in [2.24, 2.45) is 17.8 Å². The zero-order valence-electron chi connectivity index (χ0n) is 13.9. The van der Waals surface area contributed by atoms with Crippen LogP contribution >= 0.6 is 12.4 Å². The van der Waals surface area contributed by atoms with Crippen LogP contribution in [0.25, 0.3) is 0 Å². The summed E-state index contributed by atoms with van der Waals surface area (Å²) in [5.74, 6) is 2.49. The van der Waals surface area contributed by atoms with Crippen LogP contribution in [0.3, 0.4) is 0 Å². The molecule has 1 aliphatic carbocycles. The molecule has 1 atom stereocenters. The molecule has 1 N–H and O–H groups in total. The number of amides is 1. The van der Waals surface area contributed by atoms with E-state index in [1.54, 1.807) is 0 Å². The first-order valence-corrected chi connectivity index (χ1v) is 8.54. The van der Waals surface area contributed by atoms with E-state index >= 15 is 0 Å². The minimum atomic E-state index is 0. The Morgan fingerprint density at radius 1 is 1.14 bits per heavy atom. The second kappa shape index (κ2) is 8.99. The summed E-state index contributed by atoms with van der Waals surface area (Å²) in [6.07, 6.45) is 8.18. The molecule has 0 radical (unpaired) electrons. The molecule has 1 unspecified atom stereocenters. The van der Waals surface area contributed by atoms with Crippen LogP contribution < -0.4 is 5.32 Å². The average molecular weight is 317 g/mol. The maximum atomic E-state index is 12.5. The zero-order chi connectivity index (χ0) is 14.5. The van der Waals surface area contributed by atoms with E-state index < -0.39 is 0 Å². The summed E-state index contributed by atoms with van der Waals surface area (Å²) in [5, 5.41) is 3.41. The Kier molecular flexibility index (Phi) is 8.04. The van der Waals surface area contributed by atoms with Crippen LogP contribution in [0.5, 0.6) is 0 Å². The molecule has 2 rings (SSSR count). The number of halogens is 1. The Morgan fingerprint density at radius 2 is 1.71 bits per heavy atom. The van der Waals surface area contributed by atoms with Gasteiger partial charge in [0.1, 0.15) is 0 Å².